The van der Waals surface area contributed by atoms with Crippen LogP contribution >= 0.6 is 24.0 Å². The standard InChI is InChI=1S/C16H33N3O.HI/c1-6-17-15(18-10-16(5)11-20-12-16)19-14(4)9-7-8-13(2)3;/h13-14H,6-12H2,1-5H3,(H2,17,18,19);1H. The van der Waals surface area contributed by atoms with Crippen molar-refractivity contribution in [2.24, 2.45) is 16.3 Å². The Labute approximate surface area is 147 Å². The highest BCUT2D eigenvalue weighted by Crippen LogP contribution is 2.26. The Hall–Kier alpha value is -0.0400. The molecule has 1 heterocycles. The predicted molar refractivity (Wildman–Crippen MR) is 102 cm³/mol. The van der Waals surface area contributed by atoms with Crippen LogP contribution in [0, 0.1) is 11.3 Å². The molecular formula is C16H34IN3O. The van der Waals surface area contributed by atoms with Gasteiger partial charge in [0, 0.05) is 18.0 Å². The van der Waals surface area contributed by atoms with E-state index in [1.165, 1.54) is 19.3 Å². The van der Waals surface area contributed by atoms with Crippen molar-refractivity contribution in [3.8, 4) is 0 Å². The smallest absolute Gasteiger partial charge is 0.191 e. The highest BCUT2D eigenvalue weighted by Gasteiger charge is 2.33. The van der Waals surface area contributed by atoms with Crippen molar-refractivity contribution in [1.29, 1.82) is 0 Å². The molecule has 0 radical (unpaired) electrons. The summed E-state index contributed by atoms with van der Waals surface area (Å²) in [5.74, 6) is 1.74. The zero-order valence-electron chi connectivity index (χ0n) is 14.4. The molecule has 1 rings (SSSR count). The molecule has 4 nitrogen and oxygen atoms in total. The molecule has 0 aliphatic carbocycles. The Morgan fingerprint density at radius 1 is 1.24 bits per heavy atom. The fourth-order valence-corrected chi connectivity index (χ4v) is 2.27. The molecule has 1 atom stereocenters. The van der Waals surface area contributed by atoms with E-state index in [2.05, 4.69) is 45.3 Å². The van der Waals surface area contributed by atoms with Gasteiger partial charge in [0.1, 0.15) is 0 Å². The molecule has 2 N–H and O–H groups in total. The molecule has 1 unspecified atom stereocenters. The monoisotopic (exact) mass is 411 g/mol. The summed E-state index contributed by atoms with van der Waals surface area (Å²) in [6, 6.07) is 0.469. The van der Waals surface area contributed by atoms with Gasteiger partial charge in [-0.15, -0.1) is 24.0 Å². The first-order chi connectivity index (χ1) is 9.45. The number of nitrogens with zero attached hydrogens (tertiary/aromatic N) is 1. The summed E-state index contributed by atoms with van der Waals surface area (Å²) in [6.45, 7) is 14.5. The molecule has 1 fully saturated rings. The minimum absolute atomic E-state index is 0. The minimum atomic E-state index is 0. The first-order valence-electron chi connectivity index (χ1n) is 8.08. The number of nitrogens with one attached hydrogen (secondary N) is 2. The van der Waals surface area contributed by atoms with Crippen LogP contribution in [0.3, 0.4) is 0 Å². The molecule has 0 aromatic rings. The van der Waals surface area contributed by atoms with E-state index in [-0.39, 0.29) is 29.4 Å². The van der Waals surface area contributed by atoms with E-state index in [0.717, 1.165) is 38.2 Å². The van der Waals surface area contributed by atoms with Crippen LogP contribution in [0.1, 0.15) is 53.9 Å². The molecule has 0 aromatic heterocycles. The van der Waals surface area contributed by atoms with Gasteiger partial charge >= 0.3 is 0 Å². The van der Waals surface area contributed by atoms with Crippen LogP contribution in [0.15, 0.2) is 4.99 Å². The van der Waals surface area contributed by atoms with Gasteiger partial charge in [-0.2, -0.15) is 0 Å². The fraction of sp³-hybridized carbons (Fsp3) is 0.938. The molecule has 0 spiro atoms. The molecule has 1 saturated heterocycles. The van der Waals surface area contributed by atoms with E-state index in [1.54, 1.807) is 0 Å². The van der Waals surface area contributed by atoms with Crippen LogP contribution in [0.25, 0.3) is 0 Å². The number of hydrogen-bond donors (Lipinski definition) is 2. The van der Waals surface area contributed by atoms with Crippen LogP contribution in [0.2, 0.25) is 0 Å². The molecule has 0 bridgehead atoms. The number of rotatable bonds is 8. The second-order valence-electron chi connectivity index (χ2n) is 6.87. The van der Waals surface area contributed by atoms with Crippen molar-refractivity contribution in [1.82, 2.24) is 10.6 Å². The number of halogens is 1. The van der Waals surface area contributed by atoms with Gasteiger partial charge in [-0.05, 0) is 26.2 Å². The zero-order valence-corrected chi connectivity index (χ0v) is 16.7. The first kappa shape index (κ1) is 21.0. The Balaban J connectivity index is 0.00000400. The van der Waals surface area contributed by atoms with Crippen molar-refractivity contribution in [3.05, 3.63) is 0 Å². The molecule has 1 aliphatic heterocycles. The second kappa shape index (κ2) is 10.6. The summed E-state index contributed by atoms with van der Waals surface area (Å²) in [4.78, 5) is 4.70. The van der Waals surface area contributed by atoms with Crippen LogP contribution < -0.4 is 10.6 Å². The number of ether oxygens (including phenoxy) is 1. The molecule has 126 valence electrons. The van der Waals surface area contributed by atoms with Crippen molar-refractivity contribution < 1.29 is 4.74 Å². The van der Waals surface area contributed by atoms with E-state index >= 15 is 0 Å². The summed E-state index contributed by atoms with van der Waals surface area (Å²) in [5.41, 5.74) is 0.239. The summed E-state index contributed by atoms with van der Waals surface area (Å²) in [6.07, 6.45) is 3.77. The predicted octanol–water partition coefficient (Wildman–Crippen LogP) is 3.41. The third-order valence-electron chi connectivity index (χ3n) is 3.67. The fourth-order valence-electron chi connectivity index (χ4n) is 2.27. The van der Waals surface area contributed by atoms with Gasteiger partial charge < -0.3 is 15.4 Å². The van der Waals surface area contributed by atoms with Gasteiger partial charge in [0.25, 0.3) is 0 Å². The Bertz CT molecular complexity index is 304. The summed E-state index contributed by atoms with van der Waals surface area (Å²) < 4.78 is 5.28. The van der Waals surface area contributed by atoms with Crippen molar-refractivity contribution in [3.63, 3.8) is 0 Å². The Morgan fingerprint density at radius 2 is 1.90 bits per heavy atom. The Morgan fingerprint density at radius 3 is 2.38 bits per heavy atom. The summed E-state index contributed by atoms with van der Waals surface area (Å²) in [7, 11) is 0. The molecule has 21 heavy (non-hydrogen) atoms. The highest BCUT2D eigenvalue weighted by atomic mass is 127. The molecule has 0 amide bonds. The number of aliphatic imine (C=N–C) groups is 1. The average molecular weight is 411 g/mol. The van der Waals surface area contributed by atoms with Gasteiger partial charge in [-0.25, -0.2) is 0 Å². The quantitative estimate of drug-likeness (QED) is 0.366. The van der Waals surface area contributed by atoms with Crippen LogP contribution in [-0.4, -0.2) is 38.3 Å². The van der Waals surface area contributed by atoms with Crippen molar-refractivity contribution in [2.75, 3.05) is 26.3 Å². The average Bonchev–Trinajstić information content (AvgIpc) is 2.33. The SMILES string of the molecule is CCNC(=NCC1(C)COC1)NC(C)CCCC(C)C.I. The van der Waals surface area contributed by atoms with Gasteiger partial charge in [-0.1, -0.05) is 33.6 Å². The third-order valence-corrected chi connectivity index (χ3v) is 3.67. The van der Waals surface area contributed by atoms with E-state index in [0.29, 0.717) is 6.04 Å². The normalized spacial score (nSPS) is 18.7. The van der Waals surface area contributed by atoms with Gasteiger partial charge in [0.05, 0.1) is 19.8 Å². The zero-order chi connectivity index (χ0) is 15.0. The number of guanidine groups is 1. The first-order valence-corrected chi connectivity index (χ1v) is 8.08. The lowest BCUT2D eigenvalue weighted by Crippen LogP contribution is -2.46. The lowest BCUT2D eigenvalue weighted by atomic mass is 9.89. The van der Waals surface area contributed by atoms with Crippen molar-refractivity contribution >= 4 is 29.9 Å². The third kappa shape index (κ3) is 8.86. The topological polar surface area (TPSA) is 45.7 Å². The molecule has 0 saturated carbocycles. The maximum atomic E-state index is 5.28. The van der Waals surface area contributed by atoms with E-state index in [9.17, 15) is 0 Å². The molecule has 1 aliphatic rings. The highest BCUT2D eigenvalue weighted by molar-refractivity contribution is 14.0. The Kier molecular flexibility index (Phi) is 10.6. The van der Waals surface area contributed by atoms with Crippen LogP contribution in [0.5, 0.6) is 0 Å². The summed E-state index contributed by atoms with van der Waals surface area (Å²) >= 11 is 0. The molecule has 0 aromatic carbocycles. The maximum absolute atomic E-state index is 5.28. The van der Waals surface area contributed by atoms with E-state index in [4.69, 9.17) is 9.73 Å². The largest absolute Gasteiger partial charge is 0.380 e. The van der Waals surface area contributed by atoms with Crippen LogP contribution in [-0.2, 0) is 4.74 Å². The maximum Gasteiger partial charge on any atom is 0.191 e. The van der Waals surface area contributed by atoms with E-state index in [1.807, 2.05) is 0 Å². The van der Waals surface area contributed by atoms with Gasteiger partial charge in [0.15, 0.2) is 5.96 Å². The summed E-state index contributed by atoms with van der Waals surface area (Å²) in [5, 5.41) is 6.84. The lowest BCUT2D eigenvalue weighted by Gasteiger charge is -2.36. The molecule has 5 heteroatoms. The lowest BCUT2D eigenvalue weighted by molar-refractivity contribution is -0.0945. The van der Waals surface area contributed by atoms with E-state index < -0.39 is 0 Å². The van der Waals surface area contributed by atoms with Gasteiger partial charge in [-0.3, -0.25) is 4.99 Å². The van der Waals surface area contributed by atoms with Gasteiger partial charge in [0.2, 0.25) is 0 Å². The minimum Gasteiger partial charge on any atom is -0.380 e. The number of hydrogen-bond acceptors (Lipinski definition) is 2. The van der Waals surface area contributed by atoms with Crippen LogP contribution in [0.4, 0.5) is 0 Å². The van der Waals surface area contributed by atoms with Crippen molar-refractivity contribution in [2.45, 2.75) is 59.9 Å². The molecular weight excluding hydrogens is 377 g/mol. The second-order valence-corrected chi connectivity index (χ2v) is 6.87.